The third-order valence-electron chi connectivity index (χ3n) is 5.04. The first kappa shape index (κ1) is 20.5. The minimum Gasteiger partial charge on any atom is -0.370 e. The Morgan fingerprint density at radius 2 is 1.93 bits per heavy atom. The number of piperidine rings is 1. The van der Waals surface area contributed by atoms with E-state index in [1.807, 2.05) is 24.3 Å². The van der Waals surface area contributed by atoms with Gasteiger partial charge >= 0.3 is 0 Å². The molecule has 7 nitrogen and oxygen atoms in total. The van der Waals surface area contributed by atoms with E-state index in [9.17, 15) is 0 Å². The van der Waals surface area contributed by atoms with Gasteiger partial charge in [0.2, 0.25) is 5.95 Å². The molecule has 28 heavy (non-hydrogen) atoms. The SMILES string of the molecule is CN(C)CCCNc1nc(NCCC2CCNCC2)cc(-c2ccccn2)n1. The maximum absolute atomic E-state index is 4.67. The Morgan fingerprint density at radius 3 is 2.68 bits per heavy atom. The molecule has 3 heterocycles. The molecule has 3 rings (SSSR count). The van der Waals surface area contributed by atoms with E-state index in [1.165, 1.54) is 19.3 Å². The fourth-order valence-electron chi connectivity index (χ4n) is 3.43. The maximum atomic E-state index is 4.67. The first-order valence-corrected chi connectivity index (χ1v) is 10.3. The van der Waals surface area contributed by atoms with Crippen LogP contribution < -0.4 is 16.0 Å². The van der Waals surface area contributed by atoms with Crippen LogP contribution in [-0.4, -0.2) is 66.7 Å². The fourth-order valence-corrected chi connectivity index (χ4v) is 3.43. The average molecular weight is 384 g/mol. The van der Waals surface area contributed by atoms with Crippen LogP contribution in [-0.2, 0) is 0 Å². The van der Waals surface area contributed by atoms with Crippen LogP contribution in [0.4, 0.5) is 11.8 Å². The van der Waals surface area contributed by atoms with Gasteiger partial charge in [0, 0.05) is 25.4 Å². The Hall–Kier alpha value is -2.25. The van der Waals surface area contributed by atoms with Crippen LogP contribution in [0.1, 0.15) is 25.7 Å². The van der Waals surface area contributed by atoms with Gasteiger partial charge < -0.3 is 20.9 Å². The van der Waals surface area contributed by atoms with E-state index in [0.717, 1.165) is 62.3 Å². The normalized spacial score (nSPS) is 15.0. The topological polar surface area (TPSA) is 78.0 Å². The van der Waals surface area contributed by atoms with Crippen molar-refractivity contribution in [1.29, 1.82) is 0 Å². The van der Waals surface area contributed by atoms with E-state index in [1.54, 1.807) is 6.20 Å². The molecule has 1 saturated heterocycles. The van der Waals surface area contributed by atoms with Crippen molar-refractivity contribution in [2.45, 2.75) is 25.7 Å². The average Bonchev–Trinajstić information content (AvgIpc) is 2.72. The van der Waals surface area contributed by atoms with Crippen molar-refractivity contribution in [3.63, 3.8) is 0 Å². The molecule has 1 fully saturated rings. The van der Waals surface area contributed by atoms with Gasteiger partial charge in [-0.2, -0.15) is 4.98 Å². The molecule has 0 atom stereocenters. The Balaban J connectivity index is 1.64. The van der Waals surface area contributed by atoms with Crippen molar-refractivity contribution < 1.29 is 0 Å². The quantitative estimate of drug-likeness (QED) is 0.545. The zero-order valence-corrected chi connectivity index (χ0v) is 17.1. The summed E-state index contributed by atoms with van der Waals surface area (Å²) in [6, 6.07) is 7.88. The van der Waals surface area contributed by atoms with Gasteiger partial charge in [0.15, 0.2) is 0 Å². The van der Waals surface area contributed by atoms with Crippen LogP contribution in [0.2, 0.25) is 0 Å². The number of anilines is 2. The molecule has 0 spiro atoms. The highest BCUT2D eigenvalue weighted by atomic mass is 15.1. The standard InChI is InChI=1S/C21H33N7/c1-28(2)15-5-11-25-21-26-19(18-6-3-4-10-23-18)16-20(27-21)24-14-9-17-7-12-22-13-8-17/h3-4,6,10,16-17,22H,5,7-9,11-15H2,1-2H3,(H2,24,25,26,27). The lowest BCUT2D eigenvalue weighted by atomic mass is 9.95. The predicted molar refractivity (Wildman–Crippen MR) is 116 cm³/mol. The zero-order valence-electron chi connectivity index (χ0n) is 17.1. The second-order valence-electron chi connectivity index (χ2n) is 7.67. The predicted octanol–water partition coefficient (Wildman–Crippen LogP) is 2.70. The van der Waals surface area contributed by atoms with Crippen LogP contribution in [0.25, 0.3) is 11.4 Å². The summed E-state index contributed by atoms with van der Waals surface area (Å²) >= 11 is 0. The fraction of sp³-hybridized carbons (Fsp3) is 0.571. The van der Waals surface area contributed by atoms with E-state index in [4.69, 9.17) is 0 Å². The molecule has 1 aliphatic rings. The molecule has 1 aliphatic heterocycles. The number of hydrogen-bond acceptors (Lipinski definition) is 7. The molecule has 3 N–H and O–H groups in total. The molecule has 0 aromatic carbocycles. The van der Waals surface area contributed by atoms with Gasteiger partial charge in [0.25, 0.3) is 0 Å². The number of rotatable bonds is 10. The highest BCUT2D eigenvalue weighted by Gasteiger charge is 2.13. The Bertz CT molecular complexity index is 699. The summed E-state index contributed by atoms with van der Waals surface area (Å²) < 4.78 is 0. The third kappa shape index (κ3) is 6.73. The molecule has 152 valence electrons. The molecule has 7 heteroatoms. The first-order valence-electron chi connectivity index (χ1n) is 10.3. The van der Waals surface area contributed by atoms with Crippen molar-refractivity contribution in [1.82, 2.24) is 25.2 Å². The van der Waals surface area contributed by atoms with Crippen LogP contribution in [0.15, 0.2) is 30.5 Å². The second-order valence-corrected chi connectivity index (χ2v) is 7.67. The second kappa shape index (κ2) is 10.9. The Morgan fingerprint density at radius 1 is 1.07 bits per heavy atom. The molecule has 0 aliphatic carbocycles. The van der Waals surface area contributed by atoms with E-state index in [0.29, 0.717) is 5.95 Å². The molecule has 0 unspecified atom stereocenters. The maximum Gasteiger partial charge on any atom is 0.225 e. The van der Waals surface area contributed by atoms with Gasteiger partial charge in [-0.25, -0.2) is 4.98 Å². The highest BCUT2D eigenvalue weighted by Crippen LogP contribution is 2.21. The van der Waals surface area contributed by atoms with Gasteiger partial charge in [-0.1, -0.05) is 6.07 Å². The van der Waals surface area contributed by atoms with Crippen molar-refractivity contribution in [3.8, 4) is 11.4 Å². The lowest BCUT2D eigenvalue weighted by Gasteiger charge is -2.22. The van der Waals surface area contributed by atoms with Gasteiger partial charge in [0.1, 0.15) is 5.82 Å². The van der Waals surface area contributed by atoms with E-state index >= 15 is 0 Å². The summed E-state index contributed by atoms with van der Waals surface area (Å²) in [6.45, 7) is 5.10. The number of pyridine rings is 1. The lowest BCUT2D eigenvalue weighted by molar-refractivity contribution is 0.361. The summed E-state index contributed by atoms with van der Waals surface area (Å²) in [5, 5.41) is 10.3. The van der Waals surface area contributed by atoms with Crippen molar-refractivity contribution in [3.05, 3.63) is 30.5 Å². The van der Waals surface area contributed by atoms with E-state index < -0.39 is 0 Å². The van der Waals surface area contributed by atoms with Crippen LogP contribution >= 0.6 is 0 Å². The van der Waals surface area contributed by atoms with Gasteiger partial charge in [-0.05, 0) is 77.5 Å². The van der Waals surface area contributed by atoms with E-state index in [-0.39, 0.29) is 0 Å². The van der Waals surface area contributed by atoms with Crippen molar-refractivity contribution in [2.24, 2.45) is 5.92 Å². The van der Waals surface area contributed by atoms with Gasteiger partial charge in [-0.3, -0.25) is 4.98 Å². The van der Waals surface area contributed by atoms with Crippen molar-refractivity contribution in [2.75, 3.05) is 57.5 Å². The number of aromatic nitrogens is 3. The summed E-state index contributed by atoms with van der Waals surface area (Å²) in [5.41, 5.74) is 1.71. The molecule has 0 radical (unpaired) electrons. The summed E-state index contributed by atoms with van der Waals surface area (Å²) in [6.07, 6.45) is 6.55. The van der Waals surface area contributed by atoms with Gasteiger partial charge in [-0.15, -0.1) is 0 Å². The summed E-state index contributed by atoms with van der Waals surface area (Å²) in [4.78, 5) is 16.0. The smallest absolute Gasteiger partial charge is 0.225 e. The summed E-state index contributed by atoms with van der Waals surface area (Å²) in [5.74, 6) is 2.32. The first-order chi connectivity index (χ1) is 13.7. The minimum atomic E-state index is 0.659. The molecular weight excluding hydrogens is 350 g/mol. The van der Waals surface area contributed by atoms with Crippen LogP contribution in [0.3, 0.4) is 0 Å². The molecule has 0 amide bonds. The monoisotopic (exact) mass is 383 g/mol. The molecule has 2 aromatic rings. The molecular formula is C21H33N7. The van der Waals surface area contributed by atoms with Crippen LogP contribution in [0.5, 0.6) is 0 Å². The van der Waals surface area contributed by atoms with Gasteiger partial charge in [0.05, 0.1) is 11.4 Å². The number of nitrogens with zero attached hydrogens (tertiary/aromatic N) is 4. The number of nitrogens with one attached hydrogen (secondary N) is 3. The Labute approximate surface area is 168 Å². The third-order valence-corrected chi connectivity index (χ3v) is 5.04. The molecule has 0 bridgehead atoms. The Kier molecular flexibility index (Phi) is 7.99. The minimum absolute atomic E-state index is 0.659. The zero-order chi connectivity index (χ0) is 19.6. The molecule has 2 aromatic heterocycles. The lowest BCUT2D eigenvalue weighted by Crippen LogP contribution is -2.28. The van der Waals surface area contributed by atoms with Crippen molar-refractivity contribution >= 4 is 11.8 Å². The van der Waals surface area contributed by atoms with E-state index in [2.05, 4.69) is 49.9 Å². The van der Waals surface area contributed by atoms with Crippen LogP contribution in [0, 0.1) is 5.92 Å². The highest BCUT2D eigenvalue weighted by molar-refractivity contribution is 5.60. The summed E-state index contributed by atoms with van der Waals surface area (Å²) in [7, 11) is 4.17. The number of hydrogen-bond donors (Lipinski definition) is 3. The molecule has 0 saturated carbocycles. The largest absolute Gasteiger partial charge is 0.370 e.